The van der Waals surface area contributed by atoms with Crippen LogP contribution in [0.25, 0.3) is 0 Å². The summed E-state index contributed by atoms with van der Waals surface area (Å²) < 4.78 is 2.15. The van der Waals surface area contributed by atoms with Gasteiger partial charge in [-0.05, 0) is 32.1 Å². The summed E-state index contributed by atoms with van der Waals surface area (Å²) in [5, 5.41) is 9.53. The summed E-state index contributed by atoms with van der Waals surface area (Å²) in [4.78, 5) is 4.27. The zero-order valence-electron chi connectivity index (χ0n) is 9.93. The van der Waals surface area contributed by atoms with E-state index in [-0.39, 0.29) is 0 Å². The molecule has 1 aliphatic carbocycles. The van der Waals surface area contributed by atoms with Gasteiger partial charge in [0.05, 0.1) is 11.8 Å². The lowest BCUT2D eigenvalue weighted by Gasteiger charge is -2.13. The summed E-state index contributed by atoms with van der Waals surface area (Å²) in [6, 6.07) is 2.14. The minimum atomic E-state index is 0.472. The van der Waals surface area contributed by atoms with E-state index >= 15 is 0 Å². The molecule has 0 N–H and O–H groups in total. The first-order chi connectivity index (χ1) is 8.40. The zero-order chi connectivity index (χ0) is 11.9. The molecule has 1 aliphatic rings. The molecule has 90 valence electrons. The van der Waals surface area contributed by atoms with E-state index in [1.165, 1.54) is 37.4 Å². The molecule has 0 radical (unpaired) electrons. The number of rotatable bonds is 5. The molecule has 0 aliphatic heterocycles. The highest BCUT2D eigenvalue weighted by Crippen LogP contribution is 2.22. The van der Waals surface area contributed by atoms with Crippen molar-refractivity contribution in [1.82, 2.24) is 9.55 Å². The zero-order valence-corrected chi connectivity index (χ0v) is 10.7. The fourth-order valence-corrected chi connectivity index (χ4v) is 2.75. The molecule has 0 spiro atoms. The van der Waals surface area contributed by atoms with Crippen LogP contribution in [-0.2, 0) is 6.54 Å². The molecule has 0 amide bonds. The minimum absolute atomic E-state index is 0.472. The van der Waals surface area contributed by atoms with Gasteiger partial charge >= 0.3 is 0 Å². The van der Waals surface area contributed by atoms with E-state index in [4.69, 9.17) is 5.26 Å². The summed E-state index contributed by atoms with van der Waals surface area (Å²) in [6.45, 7) is 0.986. The SMILES string of the molecule is N#CCSc1nccn1CCC1=CCCCC1. The largest absolute Gasteiger partial charge is 0.326 e. The maximum atomic E-state index is 8.57. The molecule has 0 unspecified atom stereocenters. The first-order valence-corrected chi connectivity index (χ1v) is 7.07. The van der Waals surface area contributed by atoms with Gasteiger partial charge in [0.1, 0.15) is 0 Å². The summed E-state index contributed by atoms with van der Waals surface area (Å²) in [5.74, 6) is 0.472. The Morgan fingerprint density at radius 2 is 2.41 bits per heavy atom. The second-order valence-corrected chi connectivity index (χ2v) is 5.15. The fourth-order valence-electron chi connectivity index (χ4n) is 2.10. The van der Waals surface area contributed by atoms with Crippen molar-refractivity contribution in [3.8, 4) is 6.07 Å². The van der Waals surface area contributed by atoms with E-state index in [0.29, 0.717) is 5.75 Å². The Morgan fingerprint density at radius 3 is 3.18 bits per heavy atom. The lowest BCUT2D eigenvalue weighted by Crippen LogP contribution is -2.02. The van der Waals surface area contributed by atoms with E-state index in [9.17, 15) is 0 Å². The van der Waals surface area contributed by atoms with Gasteiger partial charge in [-0.2, -0.15) is 5.26 Å². The number of thioether (sulfide) groups is 1. The van der Waals surface area contributed by atoms with Crippen molar-refractivity contribution >= 4 is 11.8 Å². The summed E-state index contributed by atoms with van der Waals surface area (Å²) in [6.07, 6.45) is 12.5. The van der Waals surface area contributed by atoms with Gasteiger partial charge < -0.3 is 4.57 Å². The highest BCUT2D eigenvalue weighted by molar-refractivity contribution is 7.99. The quantitative estimate of drug-likeness (QED) is 0.591. The number of hydrogen-bond acceptors (Lipinski definition) is 3. The number of imidazole rings is 1. The van der Waals surface area contributed by atoms with Crippen LogP contribution in [0.5, 0.6) is 0 Å². The number of aryl methyl sites for hydroxylation is 1. The lowest BCUT2D eigenvalue weighted by molar-refractivity contribution is 0.595. The normalized spacial score (nSPS) is 15.4. The molecule has 0 aromatic carbocycles. The van der Waals surface area contributed by atoms with E-state index in [1.807, 2.05) is 12.4 Å². The van der Waals surface area contributed by atoms with Crippen LogP contribution >= 0.6 is 11.8 Å². The van der Waals surface area contributed by atoms with Crippen LogP contribution in [-0.4, -0.2) is 15.3 Å². The molecule has 3 nitrogen and oxygen atoms in total. The molecule has 1 heterocycles. The summed E-state index contributed by atoms with van der Waals surface area (Å²) in [5.41, 5.74) is 1.58. The fraction of sp³-hybridized carbons (Fsp3) is 0.538. The summed E-state index contributed by atoms with van der Waals surface area (Å²) >= 11 is 1.51. The maximum absolute atomic E-state index is 8.57. The van der Waals surface area contributed by atoms with Crippen LogP contribution in [0.15, 0.2) is 29.2 Å². The van der Waals surface area contributed by atoms with Crippen molar-refractivity contribution in [2.75, 3.05) is 5.75 Å². The molecule has 0 saturated heterocycles. The second-order valence-electron chi connectivity index (χ2n) is 4.21. The van der Waals surface area contributed by atoms with E-state index < -0.39 is 0 Å². The third-order valence-corrected chi connectivity index (χ3v) is 3.87. The summed E-state index contributed by atoms with van der Waals surface area (Å²) in [7, 11) is 0. The van der Waals surface area contributed by atoms with Gasteiger partial charge in [-0.25, -0.2) is 4.98 Å². The molecule has 0 atom stereocenters. The number of hydrogen-bond donors (Lipinski definition) is 0. The average Bonchev–Trinajstić information content (AvgIpc) is 2.82. The smallest absolute Gasteiger partial charge is 0.168 e. The molecule has 0 bridgehead atoms. The molecule has 17 heavy (non-hydrogen) atoms. The Morgan fingerprint density at radius 1 is 1.47 bits per heavy atom. The molecular formula is C13H17N3S. The molecule has 2 rings (SSSR count). The average molecular weight is 247 g/mol. The van der Waals surface area contributed by atoms with Crippen molar-refractivity contribution in [3.05, 3.63) is 24.0 Å². The molecule has 1 aromatic heterocycles. The molecule has 1 aromatic rings. The van der Waals surface area contributed by atoms with Crippen LogP contribution in [0, 0.1) is 11.3 Å². The Hall–Kier alpha value is -1.21. The van der Waals surface area contributed by atoms with Crippen LogP contribution in [0.3, 0.4) is 0 Å². The monoisotopic (exact) mass is 247 g/mol. The van der Waals surface area contributed by atoms with Crippen molar-refractivity contribution in [2.24, 2.45) is 0 Å². The van der Waals surface area contributed by atoms with Gasteiger partial charge in [0.15, 0.2) is 5.16 Å². The first-order valence-electron chi connectivity index (χ1n) is 6.09. The minimum Gasteiger partial charge on any atom is -0.326 e. The number of allylic oxidation sites excluding steroid dienone is 2. The van der Waals surface area contributed by atoms with Crippen molar-refractivity contribution < 1.29 is 0 Å². The highest BCUT2D eigenvalue weighted by Gasteiger charge is 2.06. The van der Waals surface area contributed by atoms with Crippen LogP contribution in [0.4, 0.5) is 0 Å². The number of nitriles is 1. The van der Waals surface area contributed by atoms with E-state index in [2.05, 4.69) is 21.7 Å². The van der Waals surface area contributed by atoms with Crippen LogP contribution < -0.4 is 0 Å². The number of nitrogens with zero attached hydrogens (tertiary/aromatic N) is 3. The first kappa shape index (κ1) is 12.3. The van der Waals surface area contributed by atoms with Crippen molar-refractivity contribution in [1.29, 1.82) is 5.26 Å². The predicted molar refractivity (Wildman–Crippen MR) is 69.7 cm³/mol. The third kappa shape index (κ3) is 3.64. The van der Waals surface area contributed by atoms with E-state index in [0.717, 1.165) is 18.1 Å². The third-order valence-electron chi connectivity index (χ3n) is 3.00. The number of aromatic nitrogens is 2. The molecular weight excluding hydrogens is 230 g/mol. The lowest BCUT2D eigenvalue weighted by atomic mass is 9.97. The predicted octanol–water partition coefficient (Wildman–Crippen LogP) is 3.39. The molecule has 0 saturated carbocycles. The van der Waals surface area contributed by atoms with Crippen LogP contribution in [0.1, 0.15) is 32.1 Å². The maximum Gasteiger partial charge on any atom is 0.168 e. The van der Waals surface area contributed by atoms with Gasteiger partial charge in [0.2, 0.25) is 0 Å². The van der Waals surface area contributed by atoms with Gasteiger partial charge in [-0.1, -0.05) is 23.4 Å². The Kier molecular flexibility index (Phi) is 4.69. The van der Waals surface area contributed by atoms with Gasteiger partial charge in [0.25, 0.3) is 0 Å². The standard InChI is InChI=1S/C13H17N3S/c14-7-11-17-13-15-8-10-16(13)9-6-12-4-2-1-3-5-12/h4,8,10H,1-3,5-6,9,11H2. The highest BCUT2D eigenvalue weighted by atomic mass is 32.2. The molecule has 0 fully saturated rings. The van der Waals surface area contributed by atoms with E-state index in [1.54, 1.807) is 5.57 Å². The Labute approximate surface area is 107 Å². The van der Waals surface area contributed by atoms with Gasteiger partial charge in [0, 0.05) is 18.9 Å². The van der Waals surface area contributed by atoms with Gasteiger partial charge in [-0.3, -0.25) is 0 Å². The Bertz CT molecular complexity index is 428. The topological polar surface area (TPSA) is 41.6 Å². The second kappa shape index (κ2) is 6.51. The Balaban J connectivity index is 1.88. The van der Waals surface area contributed by atoms with Crippen molar-refractivity contribution in [2.45, 2.75) is 43.8 Å². The van der Waals surface area contributed by atoms with Crippen molar-refractivity contribution in [3.63, 3.8) is 0 Å². The molecule has 4 heteroatoms. The van der Waals surface area contributed by atoms with Gasteiger partial charge in [-0.15, -0.1) is 0 Å². The van der Waals surface area contributed by atoms with Crippen LogP contribution in [0.2, 0.25) is 0 Å².